The number of hydrogen-bond acceptors (Lipinski definition) is 7. The van der Waals surface area contributed by atoms with E-state index < -0.39 is 11.3 Å². The molecule has 3 aliphatic rings. The fourth-order valence-electron chi connectivity index (χ4n) is 5.73. The van der Waals surface area contributed by atoms with Crippen molar-refractivity contribution in [3.05, 3.63) is 86.6 Å². The minimum absolute atomic E-state index is 0.0159. The Hall–Kier alpha value is -3.14. The molecule has 204 valence electrons. The highest BCUT2D eigenvalue weighted by atomic mass is 35.5. The number of aromatic hydroxyl groups is 1. The van der Waals surface area contributed by atoms with Crippen molar-refractivity contribution in [2.45, 2.75) is 49.2 Å². The second kappa shape index (κ2) is 11.9. The Morgan fingerprint density at radius 1 is 1.05 bits per heavy atom. The van der Waals surface area contributed by atoms with Gasteiger partial charge in [-0.15, -0.1) is 11.8 Å². The van der Waals surface area contributed by atoms with Gasteiger partial charge in [0.05, 0.1) is 16.8 Å². The number of benzene rings is 2. The summed E-state index contributed by atoms with van der Waals surface area (Å²) in [5.74, 6) is 0.294. The van der Waals surface area contributed by atoms with E-state index in [1.54, 1.807) is 4.57 Å². The summed E-state index contributed by atoms with van der Waals surface area (Å²) >= 11 is 7.27. The molecule has 1 amide bonds. The third-order valence-electron chi connectivity index (χ3n) is 7.65. The number of rotatable bonds is 5. The van der Waals surface area contributed by atoms with Crippen molar-refractivity contribution >= 4 is 35.6 Å². The quantitative estimate of drug-likeness (QED) is 0.369. The highest BCUT2D eigenvalue weighted by Crippen LogP contribution is 2.34. The van der Waals surface area contributed by atoms with Gasteiger partial charge in [-0.25, -0.2) is 0 Å². The van der Waals surface area contributed by atoms with E-state index in [0.717, 1.165) is 43.4 Å². The van der Waals surface area contributed by atoms with Crippen LogP contribution in [-0.2, 0) is 24.2 Å². The molecule has 10 heteroatoms. The first kappa shape index (κ1) is 27.4. The molecule has 0 spiro atoms. The van der Waals surface area contributed by atoms with Gasteiger partial charge in [0.1, 0.15) is 12.1 Å². The molecule has 2 aliphatic heterocycles. The zero-order valence-electron chi connectivity index (χ0n) is 21.8. The van der Waals surface area contributed by atoms with Gasteiger partial charge in [0.15, 0.2) is 5.69 Å². The molecule has 3 heterocycles. The number of hydrogen-bond donors (Lipinski definition) is 1. The molecule has 8 nitrogen and oxygen atoms in total. The number of amides is 1. The molecule has 1 unspecified atom stereocenters. The van der Waals surface area contributed by atoms with Gasteiger partial charge in [-0.05, 0) is 62.5 Å². The van der Waals surface area contributed by atoms with E-state index in [-0.39, 0.29) is 23.7 Å². The molecule has 1 N–H and O–H groups in total. The van der Waals surface area contributed by atoms with Gasteiger partial charge in [0.2, 0.25) is 5.75 Å². The van der Waals surface area contributed by atoms with Crippen molar-refractivity contribution in [3.8, 4) is 5.75 Å². The monoisotopic (exact) mass is 566 g/mol. The Balaban J connectivity index is 0.000000237. The van der Waals surface area contributed by atoms with E-state index in [1.165, 1.54) is 22.9 Å². The first-order chi connectivity index (χ1) is 18.9. The maximum atomic E-state index is 13.3. The summed E-state index contributed by atoms with van der Waals surface area (Å²) < 4.78 is 1.78. The topological polar surface area (TPSA) is 95.7 Å². The summed E-state index contributed by atoms with van der Waals surface area (Å²) in [6.45, 7) is 2.06. The van der Waals surface area contributed by atoms with Gasteiger partial charge < -0.3 is 19.4 Å². The van der Waals surface area contributed by atoms with Gasteiger partial charge in [-0.1, -0.05) is 48.0 Å². The smallest absolute Gasteiger partial charge is 0.315 e. The third kappa shape index (κ3) is 5.62. The predicted molar refractivity (Wildman–Crippen MR) is 152 cm³/mol. The molecule has 1 saturated heterocycles. The lowest BCUT2D eigenvalue weighted by Crippen LogP contribution is -2.49. The molecule has 39 heavy (non-hydrogen) atoms. The minimum atomic E-state index is -0.702. The van der Waals surface area contributed by atoms with Gasteiger partial charge in [-0.2, -0.15) is 4.98 Å². The molecule has 0 saturated carbocycles. The molecule has 1 atom stereocenters. The van der Waals surface area contributed by atoms with Gasteiger partial charge in [0, 0.05) is 24.0 Å². The van der Waals surface area contributed by atoms with E-state index in [4.69, 9.17) is 11.6 Å². The van der Waals surface area contributed by atoms with E-state index in [1.807, 2.05) is 48.3 Å². The molecular formula is C29H31ClN4O4S. The Morgan fingerprint density at radius 2 is 1.74 bits per heavy atom. The van der Waals surface area contributed by atoms with Crippen molar-refractivity contribution in [2.75, 3.05) is 25.9 Å². The number of thioether (sulfide) groups is 1. The third-order valence-corrected chi connectivity index (χ3v) is 9.06. The van der Waals surface area contributed by atoms with E-state index in [9.17, 15) is 19.5 Å². The predicted octanol–water partition coefficient (Wildman–Crippen LogP) is 3.97. The zero-order chi connectivity index (χ0) is 27.5. The lowest BCUT2D eigenvalue weighted by molar-refractivity contribution is -0.105. The van der Waals surface area contributed by atoms with Crippen LogP contribution in [0.15, 0.2) is 58.2 Å². The number of halogens is 1. The standard InChI is InChI=1S/C21H24N4O3.C8H7ClOS/c1-23-8-4-7-16(23)19-22-20(27)18(26)17-21(28)24(9-10-25(17)19)15-11-13-5-2-3-6-14(13)12-15;9-7-3-1-2-4-8(7)11-6-5-10/h2-3,5-6,15-16,26H,4,7-12H2,1H3;1-5H,6H2. The van der Waals surface area contributed by atoms with E-state index in [0.29, 0.717) is 29.7 Å². The van der Waals surface area contributed by atoms with E-state index in [2.05, 4.69) is 22.0 Å². The number of aldehydes is 1. The summed E-state index contributed by atoms with van der Waals surface area (Å²) in [5.41, 5.74) is 1.95. The number of carbonyl (C=O) groups is 2. The molecular weight excluding hydrogens is 536 g/mol. The molecule has 0 bridgehead atoms. The van der Waals surface area contributed by atoms with Gasteiger partial charge in [0.25, 0.3) is 5.91 Å². The number of carbonyl (C=O) groups excluding carboxylic acids is 2. The van der Waals surface area contributed by atoms with E-state index >= 15 is 0 Å². The molecule has 1 aliphatic carbocycles. The van der Waals surface area contributed by atoms with Crippen LogP contribution in [0.2, 0.25) is 5.02 Å². The second-order valence-electron chi connectivity index (χ2n) is 10.0. The molecule has 1 aromatic heterocycles. The summed E-state index contributed by atoms with van der Waals surface area (Å²) in [6.07, 6.45) is 4.44. The Labute approximate surface area is 236 Å². The molecule has 3 aromatic rings. The fraction of sp³-hybridized carbons (Fsp3) is 0.379. The summed E-state index contributed by atoms with van der Waals surface area (Å²) in [4.78, 5) is 44.8. The van der Waals surface area contributed by atoms with Gasteiger partial charge >= 0.3 is 5.56 Å². The summed E-state index contributed by atoms with van der Waals surface area (Å²) in [7, 11) is 2.01. The van der Waals surface area contributed by atoms with Crippen LogP contribution < -0.4 is 5.56 Å². The van der Waals surface area contributed by atoms with Crippen LogP contribution in [0.4, 0.5) is 0 Å². The summed E-state index contributed by atoms with van der Waals surface area (Å²) in [5, 5.41) is 11.1. The molecule has 1 fully saturated rings. The van der Waals surface area contributed by atoms with Gasteiger partial charge in [-0.3, -0.25) is 14.5 Å². The van der Waals surface area contributed by atoms with Crippen molar-refractivity contribution in [3.63, 3.8) is 0 Å². The first-order valence-corrected chi connectivity index (χ1v) is 14.5. The second-order valence-corrected chi connectivity index (χ2v) is 11.5. The first-order valence-electron chi connectivity index (χ1n) is 13.1. The summed E-state index contributed by atoms with van der Waals surface area (Å²) in [6, 6.07) is 15.8. The van der Waals surface area contributed by atoms with Crippen LogP contribution in [0.25, 0.3) is 0 Å². The highest BCUT2D eigenvalue weighted by molar-refractivity contribution is 8.00. The zero-order valence-corrected chi connectivity index (χ0v) is 23.3. The SMILES string of the molecule is CN1CCCC1c1nc(=O)c(O)c2n1CCN(C1Cc3ccccc3C1)C2=O.O=CCSc1ccccc1Cl. The van der Waals surface area contributed by atoms with Crippen molar-refractivity contribution < 1.29 is 14.7 Å². The number of aromatic nitrogens is 2. The highest BCUT2D eigenvalue weighted by Gasteiger charge is 2.38. The Bertz CT molecular complexity index is 1420. The maximum absolute atomic E-state index is 13.3. The van der Waals surface area contributed by atoms with Crippen molar-refractivity contribution in [1.82, 2.24) is 19.4 Å². The Morgan fingerprint density at radius 3 is 2.38 bits per heavy atom. The van der Waals surface area contributed by atoms with Crippen LogP contribution in [-0.4, -0.2) is 68.6 Å². The average molecular weight is 567 g/mol. The normalized spacial score (nSPS) is 18.9. The molecule has 0 radical (unpaired) electrons. The minimum Gasteiger partial charge on any atom is -0.501 e. The fourth-order valence-corrected chi connectivity index (χ4v) is 6.66. The average Bonchev–Trinajstić information content (AvgIpc) is 3.56. The molecule has 2 aromatic carbocycles. The van der Waals surface area contributed by atoms with Crippen LogP contribution in [0.5, 0.6) is 5.75 Å². The lowest BCUT2D eigenvalue weighted by atomic mass is 10.1. The van der Waals surface area contributed by atoms with Crippen LogP contribution in [0, 0.1) is 0 Å². The number of fused-ring (bicyclic) bond motifs is 2. The van der Waals surface area contributed by atoms with Crippen molar-refractivity contribution in [1.29, 1.82) is 0 Å². The lowest BCUT2D eigenvalue weighted by Gasteiger charge is -2.36. The number of likely N-dealkylation sites (tertiary alicyclic amines) is 1. The maximum Gasteiger partial charge on any atom is 0.315 e. The largest absolute Gasteiger partial charge is 0.501 e. The van der Waals surface area contributed by atoms with Crippen LogP contribution in [0.3, 0.4) is 0 Å². The van der Waals surface area contributed by atoms with Crippen LogP contribution in [0.1, 0.15) is 46.3 Å². The Kier molecular flexibility index (Phi) is 8.40. The van der Waals surface area contributed by atoms with Crippen LogP contribution >= 0.6 is 23.4 Å². The number of nitrogens with zero attached hydrogens (tertiary/aromatic N) is 4. The molecule has 6 rings (SSSR count). The van der Waals surface area contributed by atoms with Crippen molar-refractivity contribution in [2.24, 2.45) is 0 Å².